The van der Waals surface area contributed by atoms with E-state index < -0.39 is 0 Å². The molecule has 0 radical (unpaired) electrons. The van der Waals surface area contributed by atoms with Crippen LogP contribution in [-0.4, -0.2) is 19.5 Å². The van der Waals surface area contributed by atoms with E-state index in [1.165, 1.54) is 0 Å². The lowest BCUT2D eigenvalue weighted by atomic mass is 10.0. The molecule has 0 spiro atoms. The molecule has 0 aliphatic carbocycles. The number of fused-ring (bicyclic) bond motifs is 1. The minimum Gasteiger partial charge on any atom is -0.492 e. The molecule has 23 heavy (non-hydrogen) atoms. The number of nitrogens with zero attached hydrogens (tertiary/aromatic N) is 2. The summed E-state index contributed by atoms with van der Waals surface area (Å²) in [7, 11) is 0. The fourth-order valence-corrected chi connectivity index (χ4v) is 3.07. The summed E-state index contributed by atoms with van der Waals surface area (Å²) in [5, 5.41) is 9.92. The van der Waals surface area contributed by atoms with Gasteiger partial charge in [0.2, 0.25) is 11.7 Å². The third kappa shape index (κ3) is 2.79. The van der Waals surface area contributed by atoms with Gasteiger partial charge in [0.1, 0.15) is 0 Å². The van der Waals surface area contributed by atoms with Crippen LogP contribution in [0.2, 0.25) is 0 Å². The van der Waals surface area contributed by atoms with Crippen LogP contribution in [0.5, 0.6) is 5.88 Å². The van der Waals surface area contributed by atoms with E-state index in [0.717, 1.165) is 35.0 Å². The van der Waals surface area contributed by atoms with Crippen molar-refractivity contribution in [3.8, 4) is 17.0 Å². The van der Waals surface area contributed by atoms with Crippen LogP contribution in [0.25, 0.3) is 16.9 Å². The number of rotatable bonds is 4. The maximum atomic E-state index is 12.6. The first kappa shape index (κ1) is 15.8. The Balaban J connectivity index is 2.34. The zero-order valence-electron chi connectivity index (χ0n) is 13.1. The summed E-state index contributed by atoms with van der Waals surface area (Å²) in [6, 6.07) is 7.67. The molecular weight excluding hydrogens is 358 g/mol. The van der Waals surface area contributed by atoms with Crippen LogP contribution in [0.1, 0.15) is 31.2 Å². The number of benzene rings is 1. The van der Waals surface area contributed by atoms with E-state index in [9.17, 15) is 9.90 Å². The summed E-state index contributed by atoms with van der Waals surface area (Å²) in [6.07, 6.45) is 2.73. The lowest BCUT2D eigenvalue weighted by Gasteiger charge is -2.12. The number of aromatic amines is 1. The Labute approximate surface area is 142 Å². The number of aromatic hydroxyl groups is 1. The number of H-pyrrole nitrogens is 1. The molecule has 1 aromatic carbocycles. The van der Waals surface area contributed by atoms with E-state index in [1.54, 1.807) is 6.92 Å². The Hall–Kier alpha value is -2.08. The lowest BCUT2D eigenvalue weighted by molar-refractivity contribution is 0.452. The molecule has 3 rings (SSSR count). The van der Waals surface area contributed by atoms with Gasteiger partial charge < -0.3 is 5.11 Å². The molecule has 0 unspecified atom stereocenters. The lowest BCUT2D eigenvalue weighted by Crippen LogP contribution is -2.17. The highest BCUT2D eigenvalue weighted by Gasteiger charge is 2.18. The van der Waals surface area contributed by atoms with E-state index in [-0.39, 0.29) is 11.4 Å². The van der Waals surface area contributed by atoms with E-state index in [2.05, 4.69) is 32.8 Å². The number of aryl methyl sites for hydroxylation is 2. The van der Waals surface area contributed by atoms with Crippen molar-refractivity contribution in [1.82, 2.24) is 14.4 Å². The standard InChI is InChI=1S/C17H18BrN3O2/c1-3-4-5-13-14(11-6-8-12(18)9-7-11)16(23)20-17-19-15(22)10(2)21(13)17/h6-9,22H,3-5H2,1-2H3,(H,19,20,23). The summed E-state index contributed by atoms with van der Waals surface area (Å²) in [6.45, 7) is 3.91. The average Bonchev–Trinajstić information content (AvgIpc) is 2.80. The van der Waals surface area contributed by atoms with Gasteiger partial charge in [0.15, 0.2) is 0 Å². The van der Waals surface area contributed by atoms with E-state index in [0.29, 0.717) is 17.0 Å². The van der Waals surface area contributed by atoms with Gasteiger partial charge in [0.25, 0.3) is 5.56 Å². The van der Waals surface area contributed by atoms with Crippen LogP contribution in [0, 0.1) is 6.92 Å². The highest BCUT2D eigenvalue weighted by molar-refractivity contribution is 9.10. The Morgan fingerprint density at radius 2 is 2.00 bits per heavy atom. The quantitative estimate of drug-likeness (QED) is 0.728. The van der Waals surface area contributed by atoms with Gasteiger partial charge in [-0.1, -0.05) is 41.4 Å². The normalized spacial score (nSPS) is 11.3. The van der Waals surface area contributed by atoms with E-state index in [4.69, 9.17) is 0 Å². The van der Waals surface area contributed by atoms with Gasteiger partial charge in [-0.2, -0.15) is 4.98 Å². The van der Waals surface area contributed by atoms with Crippen LogP contribution in [-0.2, 0) is 6.42 Å². The number of halogens is 1. The summed E-state index contributed by atoms with van der Waals surface area (Å²) in [4.78, 5) is 19.4. The summed E-state index contributed by atoms with van der Waals surface area (Å²) < 4.78 is 2.81. The molecule has 6 heteroatoms. The topological polar surface area (TPSA) is 70.4 Å². The molecule has 2 heterocycles. The van der Waals surface area contributed by atoms with Crippen LogP contribution < -0.4 is 5.56 Å². The fraction of sp³-hybridized carbons (Fsp3) is 0.294. The first-order chi connectivity index (χ1) is 11.0. The van der Waals surface area contributed by atoms with Gasteiger partial charge in [0, 0.05) is 10.2 Å². The molecule has 0 fully saturated rings. The average molecular weight is 376 g/mol. The molecule has 0 atom stereocenters. The molecule has 0 aliphatic rings. The molecule has 3 aromatic rings. The summed E-state index contributed by atoms with van der Waals surface area (Å²) >= 11 is 3.42. The van der Waals surface area contributed by atoms with Crippen LogP contribution in [0.4, 0.5) is 0 Å². The van der Waals surface area contributed by atoms with Gasteiger partial charge in [-0.05, 0) is 37.5 Å². The highest BCUT2D eigenvalue weighted by atomic mass is 79.9. The van der Waals surface area contributed by atoms with Crippen LogP contribution in [0.15, 0.2) is 33.5 Å². The molecule has 2 aromatic heterocycles. The second-order valence-electron chi connectivity index (χ2n) is 5.57. The number of aromatic nitrogens is 3. The Kier molecular flexibility index (Phi) is 4.26. The van der Waals surface area contributed by atoms with Crippen LogP contribution >= 0.6 is 15.9 Å². The number of hydrogen-bond acceptors (Lipinski definition) is 3. The second-order valence-corrected chi connectivity index (χ2v) is 6.48. The van der Waals surface area contributed by atoms with Crippen molar-refractivity contribution >= 4 is 21.7 Å². The van der Waals surface area contributed by atoms with Gasteiger partial charge in [-0.15, -0.1) is 0 Å². The summed E-state index contributed by atoms with van der Waals surface area (Å²) in [5.74, 6) is 0.336. The van der Waals surface area contributed by atoms with Crippen molar-refractivity contribution in [2.45, 2.75) is 33.1 Å². The fourth-order valence-electron chi connectivity index (χ4n) is 2.81. The molecule has 0 amide bonds. The summed E-state index contributed by atoms with van der Waals surface area (Å²) in [5.41, 5.74) is 2.84. The van der Waals surface area contributed by atoms with Crippen molar-refractivity contribution in [2.75, 3.05) is 0 Å². The van der Waals surface area contributed by atoms with Crippen molar-refractivity contribution in [3.05, 3.63) is 50.5 Å². The smallest absolute Gasteiger partial charge is 0.260 e. The number of unbranched alkanes of at least 4 members (excludes halogenated alkanes) is 1. The third-order valence-electron chi connectivity index (χ3n) is 3.99. The maximum Gasteiger partial charge on any atom is 0.260 e. The van der Waals surface area contributed by atoms with E-state index >= 15 is 0 Å². The monoisotopic (exact) mass is 375 g/mol. The Bertz CT molecular complexity index is 910. The minimum atomic E-state index is -0.184. The predicted octanol–water partition coefficient (Wildman–Crippen LogP) is 3.81. The molecule has 0 bridgehead atoms. The Morgan fingerprint density at radius 3 is 2.65 bits per heavy atom. The van der Waals surface area contributed by atoms with Gasteiger partial charge in [-0.3, -0.25) is 14.2 Å². The second kappa shape index (κ2) is 6.20. The SMILES string of the molecule is CCCCc1c(-c2ccc(Br)cc2)c(=O)[nH]c2nc(O)c(C)n12. The molecule has 5 nitrogen and oxygen atoms in total. The predicted molar refractivity (Wildman–Crippen MR) is 94.0 cm³/mol. The molecule has 0 saturated carbocycles. The largest absolute Gasteiger partial charge is 0.492 e. The highest BCUT2D eigenvalue weighted by Crippen LogP contribution is 2.26. The zero-order chi connectivity index (χ0) is 16.6. The minimum absolute atomic E-state index is 0.0497. The van der Waals surface area contributed by atoms with E-state index in [1.807, 2.05) is 28.7 Å². The van der Waals surface area contributed by atoms with Crippen LogP contribution in [0.3, 0.4) is 0 Å². The number of nitrogens with one attached hydrogen (secondary N) is 1. The Morgan fingerprint density at radius 1 is 1.30 bits per heavy atom. The first-order valence-electron chi connectivity index (χ1n) is 7.62. The molecule has 2 N–H and O–H groups in total. The molecule has 0 saturated heterocycles. The van der Waals surface area contributed by atoms with Crippen molar-refractivity contribution in [1.29, 1.82) is 0 Å². The van der Waals surface area contributed by atoms with Crippen molar-refractivity contribution in [2.24, 2.45) is 0 Å². The third-order valence-corrected chi connectivity index (χ3v) is 4.52. The number of imidazole rings is 1. The van der Waals surface area contributed by atoms with Gasteiger partial charge in [-0.25, -0.2) is 0 Å². The van der Waals surface area contributed by atoms with Crippen molar-refractivity contribution in [3.63, 3.8) is 0 Å². The maximum absolute atomic E-state index is 12.6. The molecule has 120 valence electrons. The molecular formula is C17H18BrN3O2. The number of hydrogen-bond donors (Lipinski definition) is 2. The molecule has 0 aliphatic heterocycles. The first-order valence-corrected chi connectivity index (χ1v) is 8.41. The van der Waals surface area contributed by atoms with Gasteiger partial charge >= 0.3 is 0 Å². The van der Waals surface area contributed by atoms with Gasteiger partial charge in [0.05, 0.1) is 11.3 Å². The van der Waals surface area contributed by atoms with Crippen molar-refractivity contribution < 1.29 is 5.11 Å². The zero-order valence-corrected chi connectivity index (χ0v) is 14.6.